The van der Waals surface area contributed by atoms with Gasteiger partial charge in [-0.15, -0.1) is 0 Å². The van der Waals surface area contributed by atoms with Crippen LogP contribution in [0.15, 0.2) is 77.7 Å². The number of carbonyl (C=O) groups is 1. The Balaban J connectivity index is 1.85. The van der Waals surface area contributed by atoms with Gasteiger partial charge in [-0.05, 0) is 55.3 Å². The number of hydrogen-bond acceptors (Lipinski definition) is 4. The van der Waals surface area contributed by atoms with Crippen molar-refractivity contribution in [3.8, 4) is 5.75 Å². The molecule has 0 saturated heterocycles. The Morgan fingerprint density at radius 2 is 1.71 bits per heavy atom. The molecule has 0 aliphatic rings. The molecule has 3 rings (SSSR count). The monoisotopic (exact) mass is 520 g/mol. The van der Waals surface area contributed by atoms with Crippen LogP contribution in [0.2, 0.25) is 10.0 Å². The zero-order valence-electron chi connectivity index (χ0n) is 18.9. The molecule has 1 N–H and O–H groups in total. The molecular weight excluding hydrogens is 495 g/mol. The van der Waals surface area contributed by atoms with Gasteiger partial charge >= 0.3 is 0 Å². The molecule has 0 fully saturated rings. The molecule has 1 amide bonds. The van der Waals surface area contributed by atoms with E-state index in [1.165, 1.54) is 18.2 Å². The summed E-state index contributed by atoms with van der Waals surface area (Å²) in [6.07, 6.45) is 0. The molecular formula is C25H26Cl2N2O4S. The van der Waals surface area contributed by atoms with Crippen LogP contribution in [0.5, 0.6) is 5.75 Å². The standard InChI is InChI=1S/C25H26Cl2N2O4S/c1-3-33-24-14-13-22(15-23(24)27)34(31,32)29(16-19-7-5-4-6-8-19)17-25(30)28-18(2)20-9-11-21(26)12-10-20/h4-15,18H,3,16-17H2,1-2H3,(H,28,30). The maximum atomic E-state index is 13.5. The van der Waals surface area contributed by atoms with Crippen molar-refractivity contribution in [2.45, 2.75) is 31.3 Å². The van der Waals surface area contributed by atoms with Crippen LogP contribution in [0.3, 0.4) is 0 Å². The van der Waals surface area contributed by atoms with Crippen molar-refractivity contribution in [1.29, 1.82) is 0 Å². The first-order valence-electron chi connectivity index (χ1n) is 10.7. The fourth-order valence-corrected chi connectivity index (χ4v) is 5.20. The van der Waals surface area contributed by atoms with Crippen molar-refractivity contribution < 1.29 is 17.9 Å². The molecule has 6 nitrogen and oxygen atoms in total. The van der Waals surface area contributed by atoms with Gasteiger partial charge in [0.2, 0.25) is 15.9 Å². The van der Waals surface area contributed by atoms with Gasteiger partial charge in [0.15, 0.2) is 0 Å². The first-order valence-corrected chi connectivity index (χ1v) is 12.9. The van der Waals surface area contributed by atoms with Gasteiger partial charge in [-0.3, -0.25) is 4.79 Å². The van der Waals surface area contributed by atoms with E-state index in [4.69, 9.17) is 27.9 Å². The van der Waals surface area contributed by atoms with E-state index in [9.17, 15) is 13.2 Å². The molecule has 0 aliphatic heterocycles. The minimum atomic E-state index is -4.04. The number of sulfonamides is 1. The van der Waals surface area contributed by atoms with E-state index in [1.54, 1.807) is 12.1 Å². The SMILES string of the molecule is CCOc1ccc(S(=O)(=O)N(CC(=O)NC(C)c2ccc(Cl)cc2)Cc2ccccc2)cc1Cl. The highest BCUT2D eigenvalue weighted by Crippen LogP contribution is 2.29. The van der Waals surface area contributed by atoms with E-state index in [0.29, 0.717) is 17.4 Å². The van der Waals surface area contributed by atoms with Crippen LogP contribution in [0.4, 0.5) is 0 Å². The summed E-state index contributed by atoms with van der Waals surface area (Å²) in [5, 5.41) is 3.64. The van der Waals surface area contributed by atoms with Crippen LogP contribution >= 0.6 is 23.2 Å². The van der Waals surface area contributed by atoms with Crippen molar-refractivity contribution in [1.82, 2.24) is 9.62 Å². The van der Waals surface area contributed by atoms with E-state index in [-0.39, 0.29) is 29.0 Å². The first kappa shape index (κ1) is 26.0. The number of nitrogens with one attached hydrogen (secondary N) is 1. The number of rotatable bonds is 10. The molecule has 3 aromatic rings. The minimum absolute atomic E-state index is 0.0181. The summed E-state index contributed by atoms with van der Waals surface area (Å²) >= 11 is 12.2. The van der Waals surface area contributed by atoms with E-state index in [0.717, 1.165) is 15.4 Å². The lowest BCUT2D eigenvalue weighted by atomic mass is 10.1. The number of hydrogen-bond donors (Lipinski definition) is 1. The zero-order chi connectivity index (χ0) is 24.7. The summed E-state index contributed by atoms with van der Waals surface area (Å²) < 4.78 is 33.6. The summed E-state index contributed by atoms with van der Waals surface area (Å²) in [5.41, 5.74) is 1.61. The zero-order valence-corrected chi connectivity index (χ0v) is 21.2. The fourth-order valence-electron chi connectivity index (χ4n) is 3.36. The molecule has 180 valence electrons. The molecule has 9 heteroatoms. The smallest absolute Gasteiger partial charge is 0.243 e. The molecule has 3 aromatic carbocycles. The van der Waals surface area contributed by atoms with E-state index >= 15 is 0 Å². The topological polar surface area (TPSA) is 75.7 Å². The van der Waals surface area contributed by atoms with Crippen molar-refractivity contribution in [2.24, 2.45) is 0 Å². The van der Waals surface area contributed by atoms with Gasteiger partial charge in [0, 0.05) is 11.6 Å². The van der Waals surface area contributed by atoms with Gasteiger partial charge in [0.05, 0.1) is 29.1 Å². The maximum Gasteiger partial charge on any atom is 0.243 e. The maximum absolute atomic E-state index is 13.5. The molecule has 0 radical (unpaired) electrons. The van der Waals surface area contributed by atoms with Gasteiger partial charge in [-0.2, -0.15) is 4.31 Å². The summed E-state index contributed by atoms with van der Waals surface area (Å²) in [5.74, 6) is -0.0359. The van der Waals surface area contributed by atoms with Gasteiger partial charge in [0.25, 0.3) is 0 Å². The molecule has 0 bridgehead atoms. The van der Waals surface area contributed by atoms with Gasteiger partial charge in [-0.25, -0.2) is 8.42 Å². The lowest BCUT2D eigenvalue weighted by Gasteiger charge is -2.23. The van der Waals surface area contributed by atoms with E-state index < -0.39 is 15.9 Å². The molecule has 0 aromatic heterocycles. The van der Waals surface area contributed by atoms with E-state index in [2.05, 4.69) is 5.32 Å². The second-order valence-corrected chi connectivity index (χ2v) is 10.4. The van der Waals surface area contributed by atoms with Crippen molar-refractivity contribution in [2.75, 3.05) is 13.2 Å². The van der Waals surface area contributed by atoms with Crippen LogP contribution in [0, 0.1) is 0 Å². The normalized spacial score (nSPS) is 12.4. The average molecular weight is 521 g/mol. The molecule has 0 saturated carbocycles. The molecule has 1 atom stereocenters. The van der Waals surface area contributed by atoms with Crippen LogP contribution in [0.25, 0.3) is 0 Å². The molecule has 1 unspecified atom stereocenters. The first-order chi connectivity index (χ1) is 16.2. The summed E-state index contributed by atoms with van der Waals surface area (Å²) in [6, 6.07) is 20.1. The van der Waals surface area contributed by atoms with Crippen molar-refractivity contribution in [3.63, 3.8) is 0 Å². The van der Waals surface area contributed by atoms with Crippen LogP contribution in [-0.4, -0.2) is 31.8 Å². The third-order valence-corrected chi connectivity index (χ3v) is 7.45. The summed E-state index contributed by atoms with van der Waals surface area (Å²) in [6.45, 7) is 3.70. The molecule has 0 aliphatic carbocycles. The van der Waals surface area contributed by atoms with Gasteiger partial charge in [0.1, 0.15) is 5.75 Å². The Bertz CT molecular complexity index is 1220. The number of benzene rings is 3. The Kier molecular flexibility index (Phi) is 8.97. The van der Waals surface area contributed by atoms with Gasteiger partial charge < -0.3 is 10.1 Å². The average Bonchev–Trinajstić information content (AvgIpc) is 2.81. The minimum Gasteiger partial charge on any atom is -0.492 e. The third kappa shape index (κ3) is 6.73. The number of ether oxygens (including phenoxy) is 1. The number of carbonyl (C=O) groups excluding carboxylic acids is 1. The highest BCUT2D eigenvalue weighted by atomic mass is 35.5. The second-order valence-electron chi connectivity index (χ2n) is 7.62. The fraction of sp³-hybridized carbons (Fsp3) is 0.240. The lowest BCUT2D eigenvalue weighted by Crippen LogP contribution is -2.41. The Morgan fingerprint density at radius 1 is 1.03 bits per heavy atom. The third-order valence-electron chi connectivity index (χ3n) is 5.11. The second kappa shape index (κ2) is 11.7. The highest BCUT2D eigenvalue weighted by Gasteiger charge is 2.28. The molecule has 0 spiro atoms. The van der Waals surface area contributed by atoms with Crippen molar-refractivity contribution in [3.05, 3.63) is 94.0 Å². The predicted octanol–water partition coefficient (Wildman–Crippen LogP) is 5.46. The molecule has 0 heterocycles. The number of nitrogens with zero attached hydrogens (tertiary/aromatic N) is 1. The van der Waals surface area contributed by atoms with E-state index in [1.807, 2.05) is 56.3 Å². The lowest BCUT2D eigenvalue weighted by molar-refractivity contribution is -0.122. The Labute approximate surface area is 210 Å². The largest absolute Gasteiger partial charge is 0.492 e. The van der Waals surface area contributed by atoms with Crippen LogP contribution in [0.1, 0.15) is 31.0 Å². The Morgan fingerprint density at radius 3 is 2.32 bits per heavy atom. The Hall–Kier alpha value is -2.58. The number of halogens is 2. The predicted molar refractivity (Wildman–Crippen MR) is 135 cm³/mol. The van der Waals surface area contributed by atoms with Gasteiger partial charge in [-0.1, -0.05) is 65.7 Å². The quantitative estimate of drug-likeness (QED) is 0.385. The summed E-state index contributed by atoms with van der Waals surface area (Å²) in [7, 11) is -4.04. The van der Waals surface area contributed by atoms with Crippen molar-refractivity contribution >= 4 is 39.1 Å². The van der Waals surface area contributed by atoms with Crippen LogP contribution < -0.4 is 10.1 Å². The highest BCUT2D eigenvalue weighted by molar-refractivity contribution is 7.89. The summed E-state index contributed by atoms with van der Waals surface area (Å²) in [4.78, 5) is 12.9. The molecule has 34 heavy (non-hydrogen) atoms. The van der Waals surface area contributed by atoms with Crippen LogP contribution in [-0.2, 0) is 21.4 Å². The number of amides is 1.